The average molecular weight is 388 g/mol. The van der Waals surface area contributed by atoms with Gasteiger partial charge in [0.05, 0.1) is 18.2 Å². The lowest BCUT2D eigenvalue weighted by molar-refractivity contribution is 0.0602. The zero-order valence-corrected chi connectivity index (χ0v) is 15.6. The maximum atomic E-state index is 12.3. The van der Waals surface area contributed by atoms with Crippen LogP contribution < -0.4 is 16.2 Å². The number of benzene rings is 1. The number of nitrogens with one attached hydrogen (secondary N) is 4. The number of amides is 1. The summed E-state index contributed by atoms with van der Waals surface area (Å²) in [5.41, 5.74) is 6.94. The van der Waals surface area contributed by atoms with Crippen molar-refractivity contribution in [2.24, 2.45) is 0 Å². The number of methoxy groups -OCH3 is 1. The molecule has 3 rings (SSSR count). The van der Waals surface area contributed by atoms with Crippen molar-refractivity contribution in [3.8, 4) is 0 Å². The van der Waals surface area contributed by atoms with Crippen molar-refractivity contribution in [2.45, 2.75) is 6.92 Å². The summed E-state index contributed by atoms with van der Waals surface area (Å²) >= 11 is 6.54. The molecule has 134 valence electrons. The highest BCUT2D eigenvalue weighted by Gasteiger charge is 2.17. The quantitative estimate of drug-likeness (QED) is 0.313. The number of carbonyl (C=O) groups is 2. The Morgan fingerprint density at radius 2 is 1.96 bits per heavy atom. The summed E-state index contributed by atoms with van der Waals surface area (Å²) in [6.45, 7) is 1.87. The molecule has 3 aromatic rings. The number of thiophene rings is 1. The second kappa shape index (κ2) is 7.54. The van der Waals surface area contributed by atoms with Crippen LogP contribution in [0.25, 0.3) is 10.9 Å². The van der Waals surface area contributed by atoms with Crippen LogP contribution in [0.1, 0.15) is 25.6 Å². The van der Waals surface area contributed by atoms with Gasteiger partial charge in [0.2, 0.25) is 0 Å². The van der Waals surface area contributed by atoms with E-state index in [0.717, 1.165) is 15.8 Å². The normalized spacial score (nSPS) is 10.4. The highest BCUT2D eigenvalue weighted by Crippen LogP contribution is 2.28. The summed E-state index contributed by atoms with van der Waals surface area (Å²) in [6.07, 6.45) is 1.64. The van der Waals surface area contributed by atoms with E-state index in [-0.39, 0.29) is 11.0 Å². The van der Waals surface area contributed by atoms with Crippen molar-refractivity contribution < 1.29 is 14.3 Å². The molecule has 1 amide bonds. The maximum absolute atomic E-state index is 12.3. The highest BCUT2D eigenvalue weighted by molar-refractivity contribution is 7.80. The predicted octanol–water partition coefficient (Wildman–Crippen LogP) is 2.96. The van der Waals surface area contributed by atoms with E-state index >= 15 is 0 Å². The largest absolute Gasteiger partial charge is 0.465 e. The second-order valence-corrected chi connectivity index (χ2v) is 7.04. The molecule has 0 aliphatic heterocycles. The zero-order valence-electron chi connectivity index (χ0n) is 14.0. The predicted molar refractivity (Wildman–Crippen MR) is 106 cm³/mol. The first kappa shape index (κ1) is 17.9. The van der Waals surface area contributed by atoms with Crippen LogP contribution in [0.2, 0.25) is 0 Å². The number of aryl methyl sites for hydroxylation is 1. The van der Waals surface area contributed by atoms with Gasteiger partial charge in [-0.2, -0.15) is 0 Å². The molecule has 0 aliphatic rings. The Balaban J connectivity index is 1.64. The lowest BCUT2D eigenvalue weighted by atomic mass is 10.2. The van der Waals surface area contributed by atoms with Gasteiger partial charge in [-0.05, 0) is 31.3 Å². The Morgan fingerprint density at radius 1 is 1.19 bits per heavy atom. The minimum absolute atomic E-state index is 0.158. The van der Waals surface area contributed by atoms with Crippen molar-refractivity contribution in [2.75, 3.05) is 12.4 Å². The van der Waals surface area contributed by atoms with Gasteiger partial charge in [0.1, 0.15) is 5.00 Å². The molecule has 2 heterocycles. The van der Waals surface area contributed by atoms with Crippen LogP contribution >= 0.6 is 23.6 Å². The smallest absolute Gasteiger partial charge is 0.340 e. The van der Waals surface area contributed by atoms with Gasteiger partial charge >= 0.3 is 5.97 Å². The minimum Gasteiger partial charge on any atom is -0.465 e. The van der Waals surface area contributed by atoms with E-state index in [4.69, 9.17) is 17.0 Å². The molecule has 0 fully saturated rings. The molecule has 7 nitrogen and oxygen atoms in total. The Morgan fingerprint density at radius 3 is 2.73 bits per heavy atom. The number of anilines is 1. The molecule has 0 unspecified atom stereocenters. The summed E-state index contributed by atoms with van der Waals surface area (Å²) in [5.74, 6) is -0.787. The lowest BCUT2D eigenvalue weighted by Gasteiger charge is -2.11. The number of ether oxygens (including phenoxy) is 1. The molecule has 0 aliphatic carbocycles. The zero-order chi connectivity index (χ0) is 18.7. The molecule has 0 radical (unpaired) electrons. The van der Waals surface area contributed by atoms with Gasteiger partial charge in [-0.15, -0.1) is 11.3 Å². The molecule has 0 saturated carbocycles. The molecule has 4 N–H and O–H groups in total. The Kier molecular flexibility index (Phi) is 5.19. The molecule has 1 aromatic carbocycles. The van der Waals surface area contributed by atoms with Gasteiger partial charge in [0.15, 0.2) is 5.11 Å². The summed E-state index contributed by atoms with van der Waals surface area (Å²) in [7, 11) is 1.32. The molecule has 0 bridgehead atoms. The first-order chi connectivity index (χ1) is 12.5. The number of rotatable bonds is 3. The van der Waals surface area contributed by atoms with Crippen LogP contribution in [0, 0.1) is 6.92 Å². The average Bonchev–Trinajstić information content (AvgIpc) is 3.22. The fourth-order valence-corrected chi connectivity index (χ4v) is 3.57. The minimum atomic E-state index is -0.456. The fourth-order valence-electron chi connectivity index (χ4n) is 2.44. The van der Waals surface area contributed by atoms with Gasteiger partial charge < -0.3 is 15.0 Å². The van der Waals surface area contributed by atoms with Gasteiger partial charge in [0, 0.05) is 22.0 Å². The fraction of sp³-hybridized carbons (Fsp3) is 0.118. The third kappa shape index (κ3) is 3.68. The van der Waals surface area contributed by atoms with E-state index in [1.165, 1.54) is 18.4 Å². The molecule has 26 heavy (non-hydrogen) atoms. The Labute approximate surface area is 158 Å². The second-order valence-electron chi connectivity index (χ2n) is 5.37. The third-order valence-corrected chi connectivity index (χ3v) is 4.78. The van der Waals surface area contributed by atoms with Crippen LogP contribution in [0.3, 0.4) is 0 Å². The van der Waals surface area contributed by atoms with Gasteiger partial charge in [-0.3, -0.25) is 15.6 Å². The standard InChI is InChI=1S/C17H16N4O3S2/c1-9-7-11(16(23)24-2)15(26-9)19-17(25)21-20-14(22)12-8-18-13-6-4-3-5-10(12)13/h3-8,18H,1-2H3,(H,20,22)(H2,19,21,25). The van der Waals surface area contributed by atoms with Crippen LogP contribution in [-0.4, -0.2) is 29.1 Å². The summed E-state index contributed by atoms with van der Waals surface area (Å²) in [6, 6.07) is 9.21. The number of aromatic amines is 1. The summed E-state index contributed by atoms with van der Waals surface area (Å²) in [4.78, 5) is 28.1. The van der Waals surface area contributed by atoms with E-state index in [1.54, 1.807) is 12.3 Å². The number of para-hydroxylation sites is 1. The first-order valence-electron chi connectivity index (χ1n) is 7.62. The van der Waals surface area contributed by atoms with Gasteiger partial charge in [-0.1, -0.05) is 18.2 Å². The molecule has 0 atom stereocenters. The van der Waals surface area contributed by atoms with E-state index in [9.17, 15) is 9.59 Å². The topological polar surface area (TPSA) is 95.2 Å². The summed E-state index contributed by atoms with van der Waals surface area (Å²) in [5, 5.41) is 4.42. The van der Waals surface area contributed by atoms with Gasteiger partial charge in [-0.25, -0.2) is 4.79 Å². The number of fused-ring (bicyclic) bond motifs is 1. The summed E-state index contributed by atoms with van der Waals surface area (Å²) < 4.78 is 4.75. The number of hydrogen-bond donors (Lipinski definition) is 4. The Bertz CT molecular complexity index is 993. The van der Waals surface area contributed by atoms with Crippen molar-refractivity contribution >= 4 is 56.4 Å². The Hall–Kier alpha value is -2.91. The molecule has 2 aromatic heterocycles. The maximum Gasteiger partial charge on any atom is 0.340 e. The third-order valence-electron chi connectivity index (χ3n) is 3.61. The van der Waals surface area contributed by atoms with Crippen molar-refractivity contribution in [3.63, 3.8) is 0 Å². The van der Waals surface area contributed by atoms with Crippen molar-refractivity contribution in [3.05, 3.63) is 52.5 Å². The monoisotopic (exact) mass is 388 g/mol. The lowest BCUT2D eigenvalue weighted by Crippen LogP contribution is -2.43. The van der Waals surface area contributed by atoms with Crippen LogP contribution in [0.4, 0.5) is 5.00 Å². The van der Waals surface area contributed by atoms with Crippen molar-refractivity contribution in [1.29, 1.82) is 0 Å². The van der Waals surface area contributed by atoms with E-state index in [0.29, 0.717) is 16.1 Å². The molecule has 9 heteroatoms. The number of thiocarbonyl (C=S) groups is 1. The molecule has 0 saturated heterocycles. The number of hydrogen-bond acceptors (Lipinski definition) is 5. The molecule has 0 spiro atoms. The SMILES string of the molecule is COC(=O)c1cc(C)sc1NC(=S)NNC(=O)c1c[nH]c2ccccc12. The van der Waals surface area contributed by atoms with Crippen LogP contribution in [0.15, 0.2) is 36.5 Å². The number of aromatic nitrogens is 1. The number of carbonyl (C=O) groups excluding carboxylic acids is 2. The van der Waals surface area contributed by atoms with E-state index in [2.05, 4.69) is 21.2 Å². The molecular weight excluding hydrogens is 372 g/mol. The number of hydrazine groups is 1. The molecular formula is C17H16N4O3S2. The number of esters is 1. The highest BCUT2D eigenvalue weighted by atomic mass is 32.1. The van der Waals surface area contributed by atoms with Gasteiger partial charge in [0.25, 0.3) is 5.91 Å². The first-order valence-corrected chi connectivity index (χ1v) is 8.84. The van der Waals surface area contributed by atoms with E-state index in [1.807, 2.05) is 31.2 Å². The van der Waals surface area contributed by atoms with Crippen LogP contribution in [0.5, 0.6) is 0 Å². The number of H-pyrrole nitrogens is 1. The van der Waals surface area contributed by atoms with Crippen LogP contribution in [-0.2, 0) is 4.74 Å². The van der Waals surface area contributed by atoms with Crippen molar-refractivity contribution in [1.82, 2.24) is 15.8 Å². The van der Waals surface area contributed by atoms with E-state index < -0.39 is 5.97 Å².